The van der Waals surface area contributed by atoms with Crippen LogP contribution in [-0.4, -0.2) is 14.7 Å². The third-order valence-corrected chi connectivity index (χ3v) is 3.88. The minimum Gasteiger partial charge on any atom is -0.387 e. The molecular formula is C14H12N2O2S. The van der Waals surface area contributed by atoms with Gasteiger partial charge in [-0.05, 0) is 17.0 Å². The molecule has 96 valence electrons. The molecule has 0 fully saturated rings. The minimum atomic E-state index is -0.710. The van der Waals surface area contributed by atoms with Crippen molar-refractivity contribution in [1.29, 1.82) is 0 Å². The summed E-state index contributed by atoms with van der Waals surface area (Å²) in [6, 6.07) is 11.1. The Morgan fingerprint density at radius 1 is 1.26 bits per heavy atom. The molecular weight excluding hydrogens is 260 g/mol. The van der Waals surface area contributed by atoms with Gasteiger partial charge in [-0.3, -0.25) is 9.36 Å². The van der Waals surface area contributed by atoms with Gasteiger partial charge >= 0.3 is 0 Å². The Morgan fingerprint density at radius 3 is 2.84 bits per heavy atom. The van der Waals surface area contributed by atoms with Crippen LogP contribution in [0.15, 0.2) is 52.9 Å². The standard InChI is InChI=1S/C14H12N2O2S/c17-12(10-4-2-1-3-5-10)8-16-9-15-11-6-7-19-13(11)14(16)18/h1-7,9,12,17H,8H2. The van der Waals surface area contributed by atoms with Crippen LogP contribution in [0, 0.1) is 0 Å². The molecule has 1 aromatic carbocycles. The van der Waals surface area contributed by atoms with E-state index in [9.17, 15) is 9.90 Å². The van der Waals surface area contributed by atoms with E-state index in [-0.39, 0.29) is 12.1 Å². The highest BCUT2D eigenvalue weighted by Crippen LogP contribution is 2.16. The van der Waals surface area contributed by atoms with Crippen molar-refractivity contribution in [2.75, 3.05) is 0 Å². The molecule has 0 aliphatic rings. The molecule has 19 heavy (non-hydrogen) atoms. The van der Waals surface area contributed by atoms with Gasteiger partial charge in [0.15, 0.2) is 0 Å². The second-order valence-electron chi connectivity index (χ2n) is 4.26. The maximum Gasteiger partial charge on any atom is 0.271 e. The average molecular weight is 272 g/mol. The number of thiophene rings is 1. The van der Waals surface area contributed by atoms with E-state index in [0.29, 0.717) is 10.2 Å². The fourth-order valence-electron chi connectivity index (χ4n) is 1.98. The number of hydrogen-bond donors (Lipinski definition) is 1. The smallest absolute Gasteiger partial charge is 0.271 e. The molecule has 2 heterocycles. The fourth-order valence-corrected chi connectivity index (χ4v) is 2.77. The summed E-state index contributed by atoms with van der Waals surface area (Å²) in [5, 5.41) is 12.0. The van der Waals surface area contributed by atoms with Crippen molar-refractivity contribution in [3.8, 4) is 0 Å². The minimum absolute atomic E-state index is 0.102. The van der Waals surface area contributed by atoms with Gasteiger partial charge in [0.1, 0.15) is 4.70 Å². The number of aliphatic hydroxyl groups excluding tert-OH is 1. The maximum absolute atomic E-state index is 12.2. The normalized spacial score (nSPS) is 12.7. The molecule has 0 amide bonds. The summed E-state index contributed by atoms with van der Waals surface area (Å²) in [6.45, 7) is 0.212. The third kappa shape index (κ3) is 2.30. The molecule has 0 saturated carbocycles. The number of benzene rings is 1. The first-order valence-corrected chi connectivity index (χ1v) is 6.79. The summed E-state index contributed by atoms with van der Waals surface area (Å²) in [6.07, 6.45) is 0.780. The highest BCUT2D eigenvalue weighted by atomic mass is 32.1. The SMILES string of the molecule is O=c1c2sccc2ncn1CC(O)c1ccccc1. The monoisotopic (exact) mass is 272 g/mol. The number of aromatic nitrogens is 2. The molecule has 1 atom stereocenters. The van der Waals surface area contributed by atoms with Gasteiger partial charge < -0.3 is 5.11 Å². The number of nitrogens with zero attached hydrogens (tertiary/aromatic N) is 2. The van der Waals surface area contributed by atoms with Crippen LogP contribution < -0.4 is 5.56 Å². The zero-order valence-electron chi connectivity index (χ0n) is 10.1. The van der Waals surface area contributed by atoms with Crippen molar-refractivity contribution in [2.45, 2.75) is 12.6 Å². The van der Waals surface area contributed by atoms with Crippen LogP contribution in [0.4, 0.5) is 0 Å². The highest BCUT2D eigenvalue weighted by molar-refractivity contribution is 7.17. The van der Waals surface area contributed by atoms with Gasteiger partial charge in [-0.1, -0.05) is 30.3 Å². The Hall–Kier alpha value is -1.98. The van der Waals surface area contributed by atoms with Crippen LogP contribution in [0.1, 0.15) is 11.7 Å². The van der Waals surface area contributed by atoms with Gasteiger partial charge in [0, 0.05) is 0 Å². The van der Waals surface area contributed by atoms with Crippen molar-refractivity contribution in [1.82, 2.24) is 9.55 Å². The summed E-state index contributed by atoms with van der Waals surface area (Å²) in [5.74, 6) is 0. The molecule has 0 aliphatic carbocycles. The lowest BCUT2D eigenvalue weighted by atomic mass is 10.1. The van der Waals surface area contributed by atoms with Crippen LogP contribution in [0.2, 0.25) is 0 Å². The van der Waals surface area contributed by atoms with Crippen molar-refractivity contribution in [3.63, 3.8) is 0 Å². The van der Waals surface area contributed by atoms with Gasteiger partial charge in [0.25, 0.3) is 5.56 Å². The topological polar surface area (TPSA) is 55.1 Å². The van der Waals surface area contributed by atoms with Gasteiger partial charge in [0.2, 0.25) is 0 Å². The van der Waals surface area contributed by atoms with E-state index in [4.69, 9.17) is 0 Å². The Balaban J connectivity index is 1.93. The predicted molar refractivity (Wildman–Crippen MR) is 75.3 cm³/mol. The lowest BCUT2D eigenvalue weighted by molar-refractivity contribution is 0.155. The number of aliphatic hydroxyl groups is 1. The predicted octanol–water partition coefficient (Wildman–Crippen LogP) is 2.19. The van der Waals surface area contributed by atoms with E-state index in [1.165, 1.54) is 22.2 Å². The summed E-state index contributed by atoms with van der Waals surface area (Å²) in [4.78, 5) is 16.4. The van der Waals surface area contributed by atoms with E-state index < -0.39 is 6.10 Å². The largest absolute Gasteiger partial charge is 0.387 e. The van der Waals surface area contributed by atoms with Gasteiger partial charge in [-0.15, -0.1) is 11.3 Å². The number of fused-ring (bicyclic) bond motifs is 1. The average Bonchev–Trinajstić information content (AvgIpc) is 2.92. The Bertz CT molecular complexity index is 749. The summed E-state index contributed by atoms with van der Waals surface area (Å²) in [7, 11) is 0. The van der Waals surface area contributed by atoms with Crippen molar-refractivity contribution in [3.05, 3.63) is 64.0 Å². The third-order valence-electron chi connectivity index (χ3n) is 2.99. The summed E-state index contributed by atoms with van der Waals surface area (Å²) < 4.78 is 2.08. The molecule has 0 aliphatic heterocycles. The van der Waals surface area contributed by atoms with E-state index in [1.807, 2.05) is 41.8 Å². The Morgan fingerprint density at radius 2 is 2.05 bits per heavy atom. The highest BCUT2D eigenvalue weighted by Gasteiger charge is 2.11. The molecule has 0 saturated heterocycles. The fraction of sp³-hybridized carbons (Fsp3) is 0.143. The van der Waals surface area contributed by atoms with Crippen molar-refractivity contribution in [2.24, 2.45) is 0 Å². The van der Waals surface area contributed by atoms with Crippen LogP contribution in [0.3, 0.4) is 0 Å². The number of hydrogen-bond acceptors (Lipinski definition) is 4. The van der Waals surface area contributed by atoms with Crippen LogP contribution >= 0.6 is 11.3 Å². The second-order valence-corrected chi connectivity index (χ2v) is 5.18. The summed E-state index contributed by atoms with van der Waals surface area (Å²) in [5.41, 5.74) is 1.40. The van der Waals surface area contributed by atoms with Gasteiger partial charge in [-0.2, -0.15) is 0 Å². The second kappa shape index (κ2) is 4.95. The quantitative estimate of drug-likeness (QED) is 0.795. The molecule has 3 rings (SSSR count). The van der Waals surface area contributed by atoms with Crippen LogP contribution in [-0.2, 0) is 6.54 Å². The van der Waals surface area contributed by atoms with E-state index in [2.05, 4.69) is 4.98 Å². The van der Waals surface area contributed by atoms with Crippen LogP contribution in [0.5, 0.6) is 0 Å². The van der Waals surface area contributed by atoms with E-state index in [0.717, 1.165) is 5.56 Å². The zero-order valence-corrected chi connectivity index (χ0v) is 10.9. The molecule has 1 N–H and O–H groups in total. The van der Waals surface area contributed by atoms with Gasteiger partial charge in [0.05, 0.1) is 24.5 Å². The molecule has 0 bridgehead atoms. The number of rotatable bonds is 3. The molecule has 0 radical (unpaired) electrons. The van der Waals surface area contributed by atoms with Gasteiger partial charge in [-0.25, -0.2) is 4.98 Å². The molecule has 5 heteroatoms. The first-order valence-electron chi connectivity index (χ1n) is 5.91. The van der Waals surface area contributed by atoms with Crippen molar-refractivity contribution >= 4 is 21.6 Å². The maximum atomic E-state index is 12.2. The first kappa shape index (κ1) is 12.1. The van der Waals surface area contributed by atoms with Crippen molar-refractivity contribution < 1.29 is 5.11 Å². The van der Waals surface area contributed by atoms with Crippen LogP contribution in [0.25, 0.3) is 10.2 Å². The Labute approximate surface area is 113 Å². The molecule has 1 unspecified atom stereocenters. The lowest BCUT2D eigenvalue weighted by Crippen LogP contribution is -2.23. The Kier molecular flexibility index (Phi) is 3.15. The molecule has 2 aromatic heterocycles. The lowest BCUT2D eigenvalue weighted by Gasteiger charge is -2.12. The molecule has 0 spiro atoms. The molecule has 3 aromatic rings. The van der Waals surface area contributed by atoms with E-state index >= 15 is 0 Å². The summed E-state index contributed by atoms with van der Waals surface area (Å²) >= 11 is 1.37. The zero-order chi connectivity index (χ0) is 13.2. The first-order chi connectivity index (χ1) is 9.25. The molecule has 4 nitrogen and oxygen atoms in total. The van der Waals surface area contributed by atoms with E-state index in [1.54, 1.807) is 0 Å².